The van der Waals surface area contributed by atoms with E-state index in [0.29, 0.717) is 18.2 Å². The van der Waals surface area contributed by atoms with Gasteiger partial charge in [0, 0.05) is 12.5 Å². The van der Waals surface area contributed by atoms with E-state index >= 15 is 0 Å². The Morgan fingerprint density at radius 2 is 1.96 bits per heavy atom. The maximum atomic E-state index is 13.0. The molecule has 0 bridgehead atoms. The molecule has 1 aromatic heterocycles. The van der Waals surface area contributed by atoms with Crippen molar-refractivity contribution in [3.63, 3.8) is 0 Å². The highest BCUT2D eigenvalue weighted by molar-refractivity contribution is 6.24. The van der Waals surface area contributed by atoms with Gasteiger partial charge in [-0.3, -0.25) is 4.79 Å². The van der Waals surface area contributed by atoms with Crippen LogP contribution in [0.4, 0.5) is 0 Å². The van der Waals surface area contributed by atoms with Gasteiger partial charge in [0.15, 0.2) is 5.76 Å². The molecule has 1 amide bonds. The van der Waals surface area contributed by atoms with Crippen LogP contribution in [0, 0.1) is 5.92 Å². The Morgan fingerprint density at radius 1 is 1.12 bits per heavy atom. The molecular weight excluding hydrogens is 322 g/mol. The van der Waals surface area contributed by atoms with E-state index in [1.165, 1.54) is 18.4 Å². The molecule has 1 aliphatic carbocycles. The fourth-order valence-corrected chi connectivity index (χ4v) is 4.92. The molecule has 4 rings (SSSR count). The molecule has 1 aliphatic heterocycles. The average molecular weight is 344 g/mol. The minimum atomic E-state index is -0.182. The van der Waals surface area contributed by atoms with E-state index in [4.69, 9.17) is 16.0 Å². The molecule has 24 heavy (non-hydrogen) atoms. The number of furan rings is 1. The Balaban J connectivity index is 1.74. The van der Waals surface area contributed by atoms with E-state index < -0.39 is 0 Å². The van der Waals surface area contributed by atoms with Crippen molar-refractivity contribution < 1.29 is 9.21 Å². The summed E-state index contributed by atoms with van der Waals surface area (Å²) in [5, 5.41) is 0. The van der Waals surface area contributed by atoms with Crippen molar-refractivity contribution in [2.75, 3.05) is 6.54 Å². The number of fused-ring (bicyclic) bond motifs is 1. The number of hydrogen-bond donors (Lipinski definition) is 0. The van der Waals surface area contributed by atoms with E-state index in [0.717, 1.165) is 19.3 Å². The Bertz CT molecular complexity index is 700. The van der Waals surface area contributed by atoms with Crippen LogP contribution in [0.5, 0.6) is 0 Å². The predicted molar refractivity (Wildman–Crippen MR) is 94.1 cm³/mol. The lowest BCUT2D eigenvalue weighted by Crippen LogP contribution is -2.53. The molecule has 0 radical (unpaired) electrons. The smallest absolute Gasteiger partial charge is 0.290 e. The van der Waals surface area contributed by atoms with Crippen LogP contribution in [0.1, 0.15) is 54.3 Å². The summed E-state index contributed by atoms with van der Waals surface area (Å²) >= 11 is 7.06. The monoisotopic (exact) mass is 343 g/mol. The van der Waals surface area contributed by atoms with E-state index in [-0.39, 0.29) is 16.8 Å². The van der Waals surface area contributed by atoms with Gasteiger partial charge in [-0.2, -0.15) is 0 Å². The van der Waals surface area contributed by atoms with Crippen molar-refractivity contribution in [1.82, 2.24) is 4.90 Å². The number of rotatable bonds is 2. The molecule has 126 valence electrons. The average Bonchev–Trinajstić information content (AvgIpc) is 3.15. The van der Waals surface area contributed by atoms with Crippen LogP contribution in [0.3, 0.4) is 0 Å². The standard InChI is InChI=1S/C20H22ClNO2/c21-20-11-5-4-9-16(20)18(15-7-2-1-3-8-15)22(13-12-20)19(23)17-10-6-14-24-17/h1-3,6-8,10,14,16,18H,4-5,9,11-13H2/t16-,18+,20+/m1/s1. The van der Waals surface area contributed by atoms with Gasteiger partial charge in [0.1, 0.15) is 0 Å². The third-order valence-electron chi connectivity index (χ3n) is 5.64. The molecule has 0 unspecified atom stereocenters. The van der Waals surface area contributed by atoms with Gasteiger partial charge >= 0.3 is 0 Å². The zero-order valence-electron chi connectivity index (χ0n) is 13.7. The number of carbonyl (C=O) groups is 1. The second-order valence-corrected chi connectivity index (χ2v) is 7.72. The van der Waals surface area contributed by atoms with E-state index in [1.54, 1.807) is 18.4 Å². The van der Waals surface area contributed by atoms with Gasteiger partial charge in [-0.1, -0.05) is 43.2 Å². The number of alkyl halides is 1. The molecule has 1 saturated carbocycles. The second-order valence-electron chi connectivity index (χ2n) is 6.97. The minimum absolute atomic E-state index is 0.0235. The normalized spacial score (nSPS) is 30.0. The molecule has 0 spiro atoms. The molecule has 2 aliphatic rings. The quantitative estimate of drug-likeness (QED) is 0.716. The summed E-state index contributed by atoms with van der Waals surface area (Å²) in [6.45, 7) is 0.680. The van der Waals surface area contributed by atoms with E-state index in [1.807, 2.05) is 23.1 Å². The first-order valence-corrected chi connectivity index (χ1v) is 9.15. The molecule has 1 aromatic carbocycles. The summed E-state index contributed by atoms with van der Waals surface area (Å²) in [4.78, 5) is 14.8. The first-order valence-electron chi connectivity index (χ1n) is 8.77. The zero-order chi connectivity index (χ0) is 16.6. The Kier molecular flexibility index (Phi) is 4.13. The third-order valence-corrected chi connectivity index (χ3v) is 6.30. The van der Waals surface area contributed by atoms with Crippen LogP contribution in [-0.2, 0) is 0 Å². The molecule has 0 N–H and O–H groups in total. The maximum absolute atomic E-state index is 13.0. The number of amides is 1. The SMILES string of the molecule is O=C(c1ccco1)N1CC[C@@]2(Cl)CCCC[C@@H]2[C@@H]1c1ccccc1. The highest BCUT2D eigenvalue weighted by Gasteiger charge is 2.50. The summed E-state index contributed by atoms with van der Waals surface area (Å²) < 4.78 is 5.37. The lowest BCUT2D eigenvalue weighted by Gasteiger charge is -2.52. The Hall–Kier alpha value is -1.74. The van der Waals surface area contributed by atoms with Crippen molar-refractivity contribution in [1.29, 1.82) is 0 Å². The van der Waals surface area contributed by atoms with Crippen LogP contribution >= 0.6 is 11.6 Å². The van der Waals surface area contributed by atoms with Crippen molar-refractivity contribution in [2.45, 2.75) is 43.0 Å². The Morgan fingerprint density at radius 3 is 2.71 bits per heavy atom. The summed E-state index contributed by atoms with van der Waals surface area (Å²) in [5.74, 6) is 0.676. The lowest BCUT2D eigenvalue weighted by atomic mass is 9.68. The summed E-state index contributed by atoms with van der Waals surface area (Å²) in [5.41, 5.74) is 1.18. The number of nitrogens with zero attached hydrogens (tertiary/aromatic N) is 1. The largest absolute Gasteiger partial charge is 0.459 e. The fourth-order valence-electron chi connectivity index (χ4n) is 4.47. The van der Waals surface area contributed by atoms with Crippen molar-refractivity contribution >= 4 is 17.5 Å². The Labute approximate surface area is 147 Å². The predicted octanol–water partition coefficient (Wildman–Crippen LogP) is 5.03. The van der Waals surface area contributed by atoms with E-state index in [9.17, 15) is 4.79 Å². The molecule has 3 nitrogen and oxygen atoms in total. The van der Waals surface area contributed by atoms with Gasteiger partial charge in [0.2, 0.25) is 0 Å². The molecule has 3 atom stereocenters. The fraction of sp³-hybridized carbons (Fsp3) is 0.450. The summed E-state index contributed by atoms with van der Waals surface area (Å²) in [7, 11) is 0. The first kappa shape index (κ1) is 15.8. The number of piperidine rings is 1. The van der Waals surface area contributed by atoms with Crippen LogP contribution in [0.2, 0.25) is 0 Å². The second kappa shape index (κ2) is 6.29. The van der Waals surface area contributed by atoms with Gasteiger partial charge < -0.3 is 9.32 Å². The molecule has 2 fully saturated rings. The van der Waals surface area contributed by atoms with Gasteiger partial charge in [-0.25, -0.2) is 0 Å². The molecular formula is C20H22ClNO2. The number of benzene rings is 1. The topological polar surface area (TPSA) is 33.5 Å². The third kappa shape index (κ3) is 2.65. The van der Waals surface area contributed by atoms with Crippen LogP contribution in [-0.4, -0.2) is 22.2 Å². The number of carbonyl (C=O) groups excluding carboxylic acids is 1. The van der Waals surface area contributed by atoms with Gasteiger partial charge in [-0.05, 0) is 37.0 Å². The molecule has 2 aromatic rings. The van der Waals surface area contributed by atoms with Crippen LogP contribution < -0.4 is 0 Å². The number of halogens is 1. The number of hydrogen-bond acceptors (Lipinski definition) is 2. The first-order chi connectivity index (χ1) is 11.7. The maximum Gasteiger partial charge on any atom is 0.290 e. The van der Waals surface area contributed by atoms with E-state index in [2.05, 4.69) is 12.1 Å². The van der Waals surface area contributed by atoms with Crippen LogP contribution in [0.25, 0.3) is 0 Å². The van der Waals surface area contributed by atoms with Gasteiger partial charge in [0.05, 0.1) is 17.2 Å². The molecule has 1 saturated heterocycles. The van der Waals surface area contributed by atoms with Crippen molar-refractivity contribution in [3.05, 3.63) is 60.1 Å². The summed E-state index contributed by atoms with van der Waals surface area (Å²) in [6.07, 6.45) is 6.91. The zero-order valence-corrected chi connectivity index (χ0v) is 14.4. The highest BCUT2D eigenvalue weighted by Crippen LogP contribution is 2.52. The number of likely N-dealkylation sites (tertiary alicyclic amines) is 1. The van der Waals surface area contributed by atoms with Gasteiger partial charge in [0.25, 0.3) is 5.91 Å². The van der Waals surface area contributed by atoms with Crippen molar-refractivity contribution in [2.24, 2.45) is 5.92 Å². The van der Waals surface area contributed by atoms with Gasteiger partial charge in [-0.15, -0.1) is 11.6 Å². The lowest BCUT2D eigenvalue weighted by molar-refractivity contribution is 0.0255. The van der Waals surface area contributed by atoms with Crippen molar-refractivity contribution in [3.8, 4) is 0 Å². The summed E-state index contributed by atoms with van der Waals surface area (Å²) in [6, 6.07) is 13.9. The van der Waals surface area contributed by atoms with Crippen LogP contribution in [0.15, 0.2) is 53.1 Å². The molecule has 2 heterocycles. The minimum Gasteiger partial charge on any atom is -0.459 e. The highest BCUT2D eigenvalue weighted by atomic mass is 35.5. The molecule has 4 heteroatoms.